The second kappa shape index (κ2) is 6.38. The van der Waals surface area contributed by atoms with E-state index in [4.69, 9.17) is 16.3 Å². The SMILES string of the molecule is CCOC(=O)CCC(=O)Nc1ccc2nc(Cl)[nH]c2c1. The Kier molecular flexibility index (Phi) is 4.57. The molecule has 6 nitrogen and oxygen atoms in total. The van der Waals surface area contributed by atoms with Crippen LogP contribution in [0.15, 0.2) is 18.2 Å². The molecule has 0 saturated heterocycles. The van der Waals surface area contributed by atoms with Crippen LogP contribution in [-0.2, 0) is 14.3 Å². The van der Waals surface area contributed by atoms with Crippen LogP contribution in [-0.4, -0.2) is 28.5 Å². The van der Waals surface area contributed by atoms with E-state index in [9.17, 15) is 9.59 Å². The van der Waals surface area contributed by atoms with Crippen LogP contribution in [0.3, 0.4) is 0 Å². The number of fused-ring (bicyclic) bond motifs is 1. The maximum absolute atomic E-state index is 11.7. The molecular weight excluding hydrogens is 282 g/mol. The number of nitrogens with zero attached hydrogens (tertiary/aromatic N) is 1. The average Bonchev–Trinajstić information content (AvgIpc) is 2.76. The zero-order valence-electron chi connectivity index (χ0n) is 10.9. The van der Waals surface area contributed by atoms with Gasteiger partial charge in [0.25, 0.3) is 0 Å². The summed E-state index contributed by atoms with van der Waals surface area (Å²) >= 11 is 5.75. The summed E-state index contributed by atoms with van der Waals surface area (Å²) in [5, 5.41) is 3.00. The second-order valence-corrected chi connectivity index (χ2v) is 4.47. The number of ether oxygens (including phenoxy) is 1. The first-order valence-electron chi connectivity index (χ1n) is 6.19. The Balaban J connectivity index is 1.93. The van der Waals surface area contributed by atoms with Crippen molar-refractivity contribution in [3.63, 3.8) is 0 Å². The van der Waals surface area contributed by atoms with Crippen LogP contribution in [0.25, 0.3) is 11.0 Å². The summed E-state index contributed by atoms with van der Waals surface area (Å²) < 4.78 is 4.76. The van der Waals surface area contributed by atoms with E-state index in [1.165, 1.54) is 0 Å². The lowest BCUT2D eigenvalue weighted by Gasteiger charge is -2.05. The van der Waals surface area contributed by atoms with Crippen molar-refractivity contribution in [2.24, 2.45) is 0 Å². The van der Waals surface area contributed by atoms with Crippen molar-refractivity contribution in [1.82, 2.24) is 9.97 Å². The molecule has 2 aromatic rings. The molecule has 0 spiro atoms. The second-order valence-electron chi connectivity index (χ2n) is 4.11. The highest BCUT2D eigenvalue weighted by Gasteiger charge is 2.08. The van der Waals surface area contributed by atoms with Crippen molar-refractivity contribution < 1.29 is 14.3 Å². The molecule has 0 bridgehead atoms. The van der Waals surface area contributed by atoms with Crippen LogP contribution in [0.1, 0.15) is 19.8 Å². The van der Waals surface area contributed by atoms with Crippen LogP contribution in [0, 0.1) is 0 Å². The van der Waals surface area contributed by atoms with E-state index in [2.05, 4.69) is 15.3 Å². The molecular formula is C13H14ClN3O3. The predicted molar refractivity (Wildman–Crippen MR) is 75.6 cm³/mol. The quantitative estimate of drug-likeness (QED) is 0.830. The molecule has 0 atom stereocenters. The van der Waals surface area contributed by atoms with Gasteiger partial charge in [-0.05, 0) is 36.7 Å². The molecule has 2 rings (SSSR count). The Hall–Kier alpha value is -2.08. The Morgan fingerprint density at radius 3 is 2.95 bits per heavy atom. The number of halogens is 1. The molecule has 0 fully saturated rings. The topological polar surface area (TPSA) is 84.1 Å². The van der Waals surface area contributed by atoms with Crippen molar-refractivity contribution in [2.75, 3.05) is 11.9 Å². The van der Waals surface area contributed by atoms with Gasteiger partial charge in [0.2, 0.25) is 11.2 Å². The molecule has 1 aromatic carbocycles. The number of hydrogen-bond acceptors (Lipinski definition) is 4. The minimum Gasteiger partial charge on any atom is -0.466 e. The Morgan fingerprint density at radius 2 is 2.20 bits per heavy atom. The Bertz CT molecular complexity index is 639. The third-order valence-corrected chi connectivity index (χ3v) is 2.78. The molecule has 20 heavy (non-hydrogen) atoms. The third kappa shape index (κ3) is 3.71. The minimum atomic E-state index is -0.376. The first-order valence-corrected chi connectivity index (χ1v) is 6.57. The molecule has 0 saturated carbocycles. The Morgan fingerprint density at radius 1 is 1.40 bits per heavy atom. The van der Waals surface area contributed by atoms with Gasteiger partial charge >= 0.3 is 5.97 Å². The highest BCUT2D eigenvalue weighted by molar-refractivity contribution is 6.29. The zero-order chi connectivity index (χ0) is 14.5. The summed E-state index contributed by atoms with van der Waals surface area (Å²) in [7, 11) is 0. The maximum Gasteiger partial charge on any atom is 0.306 e. The fourth-order valence-electron chi connectivity index (χ4n) is 1.73. The summed E-state index contributed by atoms with van der Waals surface area (Å²) in [6.45, 7) is 2.04. The molecule has 0 radical (unpaired) electrons. The van der Waals surface area contributed by atoms with E-state index >= 15 is 0 Å². The number of H-pyrrole nitrogens is 1. The first-order chi connectivity index (χ1) is 9.58. The number of aromatic amines is 1. The molecule has 0 unspecified atom stereocenters. The number of benzene rings is 1. The number of anilines is 1. The normalized spacial score (nSPS) is 10.5. The number of imidazole rings is 1. The van der Waals surface area contributed by atoms with E-state index in [-0.39, 0.29) is 24.7 Å². The smallest absolute Gasteiger partial charge is 0.306 e. The minimum absolute atomic E-state index is 0.0673. The molecule has 0 aliphatic rings. The van der Waals surface area contributed by atoms with Gasteiger partial charge in [-0.2, -0.15) is 0 Å². The average molecular weight is 296 g/mol. The largest absolute Gasteiger partial charge is 0.466 e. The molecule has 7 heteroatoms. The summed E-state index contributed by atoms with van der Waals surface area (Å²) in [6.07, 6.45) is 0.151. The fourth-order valence-corrected chi connectivity index (χ4v) is 1.92. The molecule has 106 valence electrons. The van der Waals surface area contributed by atoms with E-state index < -0.39 is 0 Å². The maximum atomic E-state index is 11.7. The van der Waals surface area contributed by atoms with Crippen LogP contribution >= 0.6 is 11.6 Å². The van der Waals surface area contributed by atoms with Crippen LogP contribution in [0.5, 0.6) is 0 Å². The number of carbonyl (C=O) groups excluding carboxylic acids is 2. The van der Waals surface area contributed by atoms with Gasteiger partial charge in [-0.15, -0.1) is 0 Å². The number of hydrogen-bond donors (Lipinski definition) is 2. The molecule has 0 aliphatic carbocycles. The van der Waals surface area contributed by atoms with Gasteiger partial charge in [0.1, 0.15) is 0 Å². The first kappa shape index (κ1) is 14.3. The van der Waals surface area contributed by atoms with Crippen molar-refractivity contribution in [3.8, 4) is 0 Å². The van der Waals surface area contributed by atoms with Crippen LogP contribution < -0.4 is 5.32 Å². The van der Waals surface area contributed by atoms with Gasteiger partial charge in [-0.25, -0.2) is 4.98 Å². The molecule has 2 N–H and O–H groups in total. The summed E-state index contributed by atoms with van der Waals surface area (Å²) in [4.78, 5) is 29.8. The molecule has 1 aromatic heterocycles. The van der Waals surface area contributed by atoms with Gasteiger partial charge in [-0.3, -0.25) is 9.59 Å². The van der Waals surface area contributed by atoms with Gasteiger partial charge in [-0.1, -0.05) is 0 Å². The Labute approximate surface area is 120 Å². The summed E-state index contributed by atoms with van der Waals surface area (Å²) in [5.74, 6) is -0.624. The summed E-state index contributed by atoms with van der Waals surface area (Å²) in [5.41, 5.74) is 2.07. The van der Waals surface area contributed by atoms with E-state index in [0.717, 1.165) is 11.0 Å². The number of amides is 1. The number of carbonyl (C=O) groups is 2. The van der Waals surface area contributed by atoms with Crippen molar-refractivity contribution >= 4 is 40.2 Å². The van der Waals surface area contributed by atoms with E-state index in [0.29, 0.717) is 17.6 Å². The third-order valence-electron chi connectivity index (χ3n) is 2.60. The van der Waals surface area contributed by atoms with Crippen LogP contribution in [0.2, 0.25) is 5.28 Å². The number of nitrogens with one attached hydrogen (secondary N) is 2. The number of rotatable bonds is 5. The van der Waals surface area contributed by atoms with Gasteiger partial charge in [0.15, 0.2) is 0 Å². The van der Waals surface area contributed by atoms with Gasteiger partial charge < -0.3 is 15.0 Å². The monoisotopic (exact) mass is 295 g/mol. The van der Waals surface area contributed by atoms with Crippen LogP contribution in [0.4, 0.5) is 5.69 Å². The molecule has 1 heterocycles. The number of esters is 1. The lowest BCUT2D eigenvalue weighted by molar-refractivity contribution is -0.144. The predicted octanol–water partition coefficient (Wildman–Crippen LogP) is 2.50. The lowest BCUT2D eigenvalue weighted by Crippen LogP contribution is -2.14. The van der Waals surface area contributed by atoms with Gasteiger partial charge in [0, 0.05) is 12.1 Å². The summed E-state index contributed by atoms with van der Waals surface area (Å²) in [6, 6.07) is 5.21. The van der Waals surface area contributed by atoms with Crippen molar-refractivity contribution in [2.45, 2.75) is 19.8 Å². The van der Waals surface area contributed by atoms with E-state index in [1.807, 2.05) is 0 Å². The lowest BCUT2D eigenvalue weighted by atomic mass is 10.2. The number of aromatic nitrogens is 2. The fraction of sp³-hybridized carbons (Fsp3) is 0.308. The highest BCUT2D eigenvalue weighted by Crippen LogP contribution is 2.19. The standard InChI is InChI=1S/C13H14ClN3O3/c1-2-20-12(19)6-5-11(18)15-8-3-4-9-10(7-8)17-13(14)16-9/h3-4,7H,2,5-6H2,1H3,(H,15,18)(H,16,17). The molecule has 1 amide bonds. The molecule has 0 aliphatic heterocycles. The van der Waals surface area contributed by atoms with Crippen molar-refractivity contribution in [3.05, 3.63) is 23.5 Å². The van der Waals surface area contributed by atoms with Crippen molar-refractivity contribution in [1.29, 1.82) is 0 Å². The highest BCUT2D eigenvalue weighted by atomic mass is 35.5. The van der Waals surface area contributed by atoms with Gasteiger partial charge in [0.05, 0.1) is 24.1 Å². The zero-order valence-corrected chi connectivity index (χ0v) is 11.7. The van der Waals surface area contributed by atoms with E-state index in [1.54, 1.807) is 25.1 Å².